The van der Waals surface area contributed by atoms with E-state index in [0.29, 0.717) is 0 Å². The lowest BCUT2D eigenvalue weighted by Gasteiger charge is -2.67. The predicted octanol–water partition coefficient (Wildman–Crippen LogP) is 2.28. The molecule has 0 aromatic rings. The Morgan fingerprint density at radius 2 is 2.45 bits per heavy atom. The molecule has 0 nitrogen and oxygen atoms in total. The molecule has 4 bridgehead atoms. The Morgan fingerprint density at radius 3 is 3.45 bits per heavy atom. The van der Waals surface area contributed by atoms with Gasteiger partial charge in [-0.3, -0.25) is 0 Å². The van der Waals surface area contributed by atoms with Crippen LogP contribution in [0.4, 0.5) is 0 Å². The van der Waals surface area contributed by atoms with Gasteiger partial charge in [0, 0.05) is 11.3 Å². The summed E-state index contributed by atoms with van der Waals surface area (Å²) >= 11 is 0. The molecule has 4 saturated carbocycles. The largest absolute Gasteiger partial charge is 0.0775 e. The smallest absolute Gasteiger partial charge is 0.00330 e. The number of allylic oxidation sites excluding steroid dienone is 4. The Morgan fingerprint density at radius 1 is 1.45 bits per heavy atom. The van der Waals surface area contributed by atoms with Crippen molar-refractivity contribution in [2.75, 3.05) is 0 Å². The highest BCUT2D eigenvalue weighted by Gasteiger charge is 2.74. The Labute approximate surface area is 66.0 Å². The molecule has 0 N–H and O–H groups in total. The number of hydrogen-bond acceptors (Lipinski definition) is 0. The van der Waals surface area contributed by atoms with E-state index in [1.54, 1.807) is 6.42 Å². The third-order valence-corrected chi connectivity index (χ3v) is 5.08. The molecule has 4 fully saturated rings. The van der Waals surface area contributed by atoms with Gasteiger partial charge in [-0.1, -0.05) is 22.8 Å². The quantitative estimate of drug-likeness (QED) is 0.455. The highest BCUT2D eigenvalue weighted by atomic mass is 14.8. The molecule has 0 radical (unpaired) electrons. The van der Waals surface area contributed by atoms with E-state index in [2.05, 4.69) is 6.08 Å². The van der Waals surface area contributed by atoms with Crippen molar-refractivity contribution in [1.82, 2.24) is 0 Å². The zero-order chi connectivity index (χ0) is 6.79. The average Bonchev–Trinajstić information content (AvgIpc) is 2.20. The molecule has 0 aliphatic heterocycles. The van der Waals surface area contributed by atoms with Crippen LogP contribution in [0.2, 0.25) is 0 Å². The van der Waals surface area contributed by atoms with Gasteiger partial charge in [-0.15, -0.1) is 0 Å². The van der Waals surface area contributed by atoms with Crippen LogP contribution in [0.3, 0.4) is 0 Å². The second kappa shape index (κ2) is 0.903. The lowest BCUT2D eigenvalue weighted by atomic mass is 9.37. The molecule has 0 amide bonds. The molecule has 6 aliphatic rings. The summed E-state index contributed by atoms with van der Waals surface area (Å²) in [4.78, 5) is 0. The fourth-order valence-electron chi connectivity index (χ4n) is 4.74. The van der Waals surface area contributed by atoms with Gasteiger partial charge in [0.05, 0.1) is 0 Å². The normalized spacial score (nSPS) is 64.7. The van der Waals surface area contributed by atoms with Gasteiger partial charge in [0.15, 0.2) is 0 Å². The van der Waals surface area contributed by atoms with Crippen LogP contribution in [0.25, 0.3) is 0 Å². The topological polar surface area (TPSA) is 0 Å². The maximum absolute atomic E-state index is 2.61. The fourth-order valence-corrected chi connectivity index (χ4v) is 4.74. The summed E-state index contributed by atoms with van der Waals surface area (Å²) in [5.74, 6) is 3.05. The van der Waals surface area contributed by atoms with Crippen LogP contribution in [0, 0.1) is 23.2 Å². The van der Waals surface area contributed by atoms with E-state index in [1.807, 2.05) is 16.7 Å². The van der Waals surface area contributed by atoms with Crippen LogP contribution in [0.1, 0.15) is 19.3 Å². The zero-order valence-corrected chi connectivity index (χ0v) is 6.43. The third-order valence-electron chi connectivity index (χ3n) is 5.08. The summed E-state index contributed by atoms with van der Waals surface area (Å²) in [6.45, 7) is 0. The first-order valence-corrected chi connectivity index (χ1v) is 4.85. The Balaban J connectivity index is 2.04. The first-order valence-electron chi connectivity index (χ1n) is 4.85. The minimum atomic E-state index is 0.818. The van der Waals surface area contributed by atoms with E-state index in [-0.39, 0.29) is 0 Å². The van der Waals surface area contributed by atoms with Crippen molar-refractivity contribution in [2.45, 2.75) is 19.3 Å². The highest BCUT2D eigenvalue weighted by Crippen LogP contribution is 2.84. The molecule has 6 aliphatic carbocycles. The van der Waals surface area contributed by atoms with Crippen molar-refractivity contribution in [2.24, 2.45) is 23.2 Å². The summed E-state index contributed by atoms with van der Waals surface area (Å²) < 4.78 is 0. The molecule has 0 saturated heterocycles. The lowest BCUT2D eigenvalue weighted by molar-refractivity contribution is 0.0423. The Hall–Kier alpha value is -0.520. The SMILES string of the molecule is C1=C2CC34CC2C3=C2C1CC24. The van der Waals surface area contributed by atoms with Gasteiger partial charge in [-0.05, 0) is 31.1 Å². The van der Waals surface area contributed by atoms with E-state index >= 15 is 0 Å². The average molecular weight is 142 g/mol. The molecular formula is C11H10. The minimum Gasteiger partial charge on any atom is -0.0775 e. The summed E-state index contributed by atoms with van der Waals surface area (Å²) in [6.07, 6.45) is 7.17. The van der Waals surface area contributed by atoms with Crippen molar-refractivity contribution >= 4 is 0 Å². The lowest BCUT2D eigenvalue weighted by Crippen LogP contribution is -2.57. The minimum absolute atomic E-state index is 0.818. The maximum Gasteiger partial charge on any atom is 0.00330 e. The van der Waals surface area contributed by atoms with E-state index < -0.39 is 0 Å². The molecule has 0 heteroatoms. The monoisotopic (exact) mass is 142 g/mol. The van der Waals surface area contributed by atoms with Gasteiger partial charge in [-0.25, -0.2) is 0 Å². The van der Waals surface area contributed by atoms with Crippen LogP contribution in [0.5, 0.6) is 0 Å². The molecule has 1 spiro atoms. The molecule has 54 valence electrons. The van der Waals surface area contributed by atoms with Crippen molar-refractivity contribution in [3.63, 3.8) is 0 Å². The van der Waals surface area contributed by atoms with Gasteiger partial charge >= 0.3 is 0 Å². The molecule has 4 atom stereocenters. The molecule has 6 rings (SSSR count). The van der Waals surface area contributed by atoms with Gasteiger partial charge in [0.25, 0.3) is 0 Å². The first kappa shape index (κ1) is 4.49. The van der Waals surface area contributed by atoms with E-state index in [0.717, 1.165) is 23.2 Å². The van der Waals surface area contributed by atoms with Crippen molar-refractivity contribution in [3.8, 4) is 0 Å². The molecule has 0 aromatic carbocycles. The molecule has 4 unspecified atom stereocenters. The zero-order valence-electron chi connectivity index (χ0n) is 6.43. The predicted molar refractivity (Wildman–Crippen MR) is 41.9 cm³/mol. The molecular weight excluding hydrogens is 132 g/mol. The second-order valence-corrected chi connectivity index (χ2v) is 5.10. The van der Waals surface area contributed by atoms with Crippen LogP contribution in [-0.2, 0) is 0 Å². The van der Waals surface area contributed by atoms with Crippen molar-refractivity contribution < 1.29 is 0 Å². The molecule has 11 heavy (non-hydrogen) atoms. The first-order chi connectivity index (χ1) is 5.40. The molecule has 0 aromatic heterocycles. The van der Waals surface area contributed by atoms with E-state index in [1.165, 1.54) is 12.8 Å². The van der Waals surface area contributed by atoms with Crippen LogP contribution < -0.4 is 0 Å². The van der Waals surface area contributed by atoms with Gasteiger partial charge in [0.1, 0.15) is 0 Å². The van der Waals surface area contributed by atoms with Crippen LogP contribution >= 0.6 is 0 Å². The summed E-state index contributed by atoms with van der Waals surface area (Å²) in [6, 6.07) is 0. The van der Waals surface area contributed by atoms with E-state index in [4.69, 9.17) is 0 Å². The summed E-state index contributed by atoms with van der Waals surface area (Å²) in [7, 11) is 0. The van der Waals surface area contributed by atoms with Crippen LogP contribution in [-0.4, -0.2) is 0 Å². The second-order valence-electron chi connectivity index (χ2n) is 5.10. The number of rotatable bonds is 0. The highest BCUT2D eigenvalue weighted by molar-refractivity contribution is 5.65. The Kier molecular flexibility index (Phi) is 0.369. The number of hydrogen-bond donors (Lipinski definition) is 0. The van der Waals surface area contributed by atoms with Gasteiger partial charge < -0.3 is 0 Å². The molecule has 0 heterocycles. The standard InChI is InChI=1S/C11H10/c1-5-2-8-9(5)10-7-4-11(8,10)3-6(1)7/h1,5,7-8H,2-4H2. The van der Waals surface area contributed by atoms with E-state index in [9.17, 15) is 0 Å². The Bertz CT molecular complexity index is 371. The summed E-state index contributed by atoms with van der Waals surface area (Å²) in [5, 5.41) is 0. The maximum atomic E-state index is 2.61. The summed E-state index contributed by atoms with van der Waals surface area (Å²) in [5.41, 5.74) is 6.53. The van der Waals surface area contributed by atoms with Gasteiger partial charge in [-0.2, -0.15) is 0 Å². The van der Waals surface area contributed by atoms with Gasteiger partial charge in [0.2, 0.25) is 0 Å². The third kappa shape index (κ3) is 0.217. The van der Waals surface area contributed by atoms with Crippen LogP contribution in [0.15, 0.2) is 22.8 Å². The fraction of sp³-hybridized carbons (Fsp3) is 0.636. The van der Waals surface area contributed by atoms with Crippen molar-refractivity contribution in [3.05, 3.63) is 22.8 Å². The van der Waals surface area contributed by atoms with Crippen molar-refractivity contribution in [1.29, 1.82) is 0 Å².